The number of hydrogen-bond donors (Lipinski definition) is 1. The lowest BCUT2D eigenvalue weighted by Crippen LogP contribution is -2.16. The van der Waals surface area contributed by atoms with Crippen molar-refractivity contribution in [2.24, 2.45) is 5.10 Å². The fourth-order valence-corrected chi connectivity index (χ4v) is 4.58. The molecular weight excluding hydrogens is 566 g/mol. The first kappa shape index (κ1) is 29.5. The molecule has 43 heavy (non-hydrogen) atoms. The highest BCUT2D eigenvalue weighted by atomic mass is 35.5. The van der Waals surface area contributed by atoms with Crippen molar-refractivity contribution in [3.05, 3.63) is 130 Å². The van der Waals surface area contributed by atoms with E-state index in [1.165, 1.54) is 17.6 Å². The van der Waals surface area contributed by atoms with Crippen molar-refractivity contribution >= 4 is 23.7 Å². The lowest BCUT2D eigenvalue weighted by atomic mass is 10.2. The molecule has 0 aliphatic rings. The minimum absolute atomic E-state index is 0.130. The molecule has 5 rings (SSSR count). The normalized spacial score (nSPS) is 11.1. The fourth-order valence-electron chi connectivity index (χ4n) is 4.45. The molecule has 0 atom stereocenters. The number of ether oxygens (including phenoxy) is 3. The average Bonchev–Trinajstić information content (AvgIpc) is 3.63. The van der Waals surface area contributed by atoms with Gasteiger partial charge in [0, 0.05) is 22.1 Å². The maximum atomic E-state index is 12.6. The molecular formula is C34H32ClN3O5. The molecule has 0 radical (unpaired) electrons. The van der Waals surface area contributed by atoms with Crippen molar-refractivity contribution in [2.75, 3.05) is 6.61 Å². The van der Waals surface area contributed by atoms with Crippen LogP contribution >= 0.6 is 11.6 Å². The minimum atomic E-state index is -0.475. The first-order chi connectivity index (χ1) is 20.9. The molecule has 0 spiro atoms. The summed E-state index contributed by atoms with van der Waals surface area (Å²) in [5, 5.41) is 4.74. The number of rotatable bonds is 12. The van der Waals surface area contributed by atoms with Gasteiger partial charge in [-0.3, -0.25) is 4.79 Å². The number of halogens is 1. The maximum Gasteiger partial charge on any atom is 0.307 e. The zero-order valence-electron chi connectivity index (χ0n) is 24.2. The number of hydrazone groups is 1. The van der Waals surface area contributed by atoms with Crippen LogP contribution in [0.3, 0.4) is 0 Å². The number of aromatic nitrogens is 1. The summed E-state index contributed by atoms with van der Waals surface area (Å²) in [5.74, 6) is 2.05. The number of carbonyl (C=O) groups excluding carboxylic acids is 1. The molecule has 0 saturated carbocycles. The maximum absolute atomic E-state index is 12.6. The van der Waals surface area contributed by atoms with Gasteiger partial charge in [0.25, 0.3) is 0 Å². The smallest absolute Gasteiger partial charge is 0.307 e. The van der Waals surface area contributed by atoms with Crippen molar-refractivity contribution in [1.29, 1.82) is 0 Å². The Labute approximate surface area is 255 Å². The van der Waals surface area contributed by atoms with Gasteiger partial charge in [0.1, 0.15) is 24.7 Å². The van der Waals surface area contributed by atoms with E-state index in [9.17, 15) is 4.79 Å². The van der Waals surface area contributed by atoms with Gasteiger partial charge >= 0.3 is 5.91 Å². The van der Waals surface area contributed by atoms with Gasteiger partial charge in [0.05, 0.1) is 12.8 Å². The number of nitrogens with zero attached hydrogens (tertiary/aromatic N) is 2. The van der Waals surface area contributed by atoms with Crippen LogP contribution < -0.4 is 19.6 Å². The second kappa shape index (κ2) is 13.8. The predicted octanol–water partition coefficient (Wildman–Crippen LogP) is 7.66. The second-order valence-corrected chi connectivity index (χ2v) is 10.2. The molecule has 0 saturated heterocycles. The highest BCUT2D eigenvalue weighted by molar-refractivity contribution is 6.30. The van der Waals surface area contributed by atoms with Crippen molar-refractivity contribution in [3.63, 3.8) is 0 Å². The third-order valence-electron chi connectivity index (χ3n) is 6.59. The number of amides is 1. The van der Waals surface area contributed by atoms with Gasteiger partial charge in [-0.15, -0.1) is 0 Å². The number of carbonyl (C=O) groups is 1. The molecule has 0 unspecified atom stereocenters. The van der Waals surface area contributed by atoms with E-state index in [-0.39, 0.29) is 12.4 Å². The Morgan fingerprint density at radius 3 is 2.33 bits per heavy atom. The van der Waals surface area contributed by atoms with Crippen LogP contribution in [-0.4, -0.2) is 23.3 Å². The summed E-state index contributed by atoms with van der Waals surface area (Å²) in [6.07, 6.45) is 1.52. The van der Waals surface area contributed by atoms with E-state index in [4.69, 9.17) is 30.2 Å². The molecule has 3 aromatic carbocycles. The Morgan fingerprint density at radius 1 is 0.860 bits per heavy atom. The molecule has 2 aromatic heterocycles. The van der Waals surface area contributed by atoms with E-state index in [2.05, 4.69) is 41.1 Å². The van der Waals surface area contributed by atoms with Crippen LogP contribution in [0.2, 0.25) is 5.02 Å². The van der Waals surface area contributed by atoms with Gasteiger partial charge in [-0.2, -0.15) is 5.10 Å². The van der Waals surface area contributed by atoms with E-state index in [0.29, 0.717) is 41.2 Å². The summed E-state index contributed by atoms with van der Waals surface area (Å²) in [6, 6.07) is 28.2. The van der Waals surface area contributed by atoms with Gasteiger partial charge < -0.3 is 23.2 Å². The number of hydrogen-bond acceptors (Lipinski definition) is 6. The SMILES string of the molecule is CCOc1cc(/C=N/NC(=O)c2ccc(COc3ccc(-n4c(C)ccc4C)cc3)o2)ccc1OCc1ccc(Cl)cc1. The Balaban J connectivity index is 1.13. The van der Waals surface area contributed by atoms with Gasteiger partial charge in [0.2, 0.25) is 0 Å². The van der Waals surface area contributed by atoms with Crippen molar-refractivity contribution in [2.45, 2.75) is 34.0 Å². The molecule has 0 aliphatic carbocycles. The monoisotopic (exact) mass is 597 g/mol. The molecule has 220 valence electrons. The Hall–Kier alpha value is -4.95. The van der Waals surface area contributed by atoms with Crippen LogP contribution in [0.1, 0.15) is 45.8 Å². The molecule has 1 N–H and O–H groups in total. The van der Waals surface area contributed by atoms with Crippen LogP contribution in [0.15, 0.2) is 101 Å². The number of nitrogens with one attached hydrogen (secondary N) is 1. The average molecular weight is 598 g/mol. The Bertz CT molecular complexity index is 1690. The van der Waals surface area contributed by atoms with E-state index in [1.807, 2.05) is 61.5 Å². The number of benzene rings is 3. The highest BCUT2D eigenvalue weighted by Crippen LogP contribution is 2.29. The summed E-state index contributed by atoms with van der Waals surface area (Å²) >= 11 is 5.96. The lowest BCUT2D eigenvalue weighted by Gasteiger charge is -2.12. The van der Waals surface area contributed by atoms with E-state index >= 15 is 0 Å². The van der Waals surface area contributed by atoms with Gasteiger partial charge in [-0.05, 0) is 111 Å². The van der Waals surface area contributed by atoms with Gasteiger partial charge in [-0.25, -0.2) is 5.43 Å². The first-order valence-corrected chi connectivity index (χ1v) is 14.2. The largest absolute Gasteiger partial charge is 0.490 e. The molecule has 1 amide bonds. The quantitative estimate of drug-likeness (QED) is 0.118. The van der Waals surface area contributed by atoms with Gasteiger partial charge in [0.15, 0.2) is 17.3 Å². The van der Waals surface area contributed by atoms with Crippen LogP contribution in [0, 0.1) is 13.8 Å². The van der Waals surface area contributed by atoms with E-state index in [1.54, 1.807) is 24.3 Å². The summed E-state index contributed by atoms with van der Waals surface area (Å²) in [4.78, 5) is 12.6. The molecule has 2 heterocycles. The minimum Gasteiger partial charge on any atom is -0.490 e. The lowest BCUT2D eigenvalue weighted by molar-refractivity contribution is 0.0923. The number of furan rings is 1. The third-order valence-corrected chi connectivity index (χ3v) is 6.84. The molecule has 0 fully saturated rings. The topological polar surface area (TPSA) is 87.2 Å². The molecule has 8 nitrogen and oxygen atoms in total. The zero-order valence-corrected chi connectivity index (χ0v) is 24.9. The second-order valence-electron chi connectivity index (χ2n) is 9.75. The summed E-state index contributed by atoms with van der Waals surface area (Å²) < 4.78 is 25.4. The van der Waals surface area contributed by atoms with Crippen molar-refractivity contribution in [1.82, 2.24) is 9.99 Å². The fraction of sp³-hybridized carbons (Fsp3) is 0.176. The summed E-state index contributed by atoms with van der Waals surface area (Å²) in [5.41, 5.74) is 7.61. The number of aryl methyl sites for hydroxylation is 2. The van der Waals surface area contributed by atoms with E-state index in [0.717, 1.165) is 16.8 Å². The summed E-state index contributed by atoms with van der Waals surface area (Å²) in [7, 11) is 0. The molecule has 9 heteroatoms. The zero-order chi connectivity index (χ0) is 30.2. The Kier molecular flexibility index (Phi) is 9.49. The van der Waals surface area contributed by atoms with Gasteiger partial charge in [-0.1, -0.05) is 23.7 Å². The van der Waals surface area contributed by atoms with Crippen LogP contribution in [0.25, 0.3) is 5.69 Å². The standard InChI is InChI=1S/C34H32ClN3O5/c1-4-40-33-19-26(9-17-31(33)42-21-25-7-10-27(35)11-8-25)20-36-37-34(39)32-18-16-30(43-32)22-41-29-14-12-28(13-15-29)38-23(2)5-6-24(38)3/h5-20H,4,21-22H2,1-3H3,(H,37,39)/b36-20+. The first-order valence-electron chi connectivity index (χ1n) is 13.8. The highest BCUT2D eigenvalue weighted by Gasteiger charge is 2.12. The van der Waals surface area contributed by atoms with Crippen molar-refractivity contribution in [3.8, 4) is 22.9 Å². The predicted molar refractivity (Wildman–Crippen MR) is 167 cm³/mol. The van der Waals surface area contributed by atoms with Crippen LogP contribution in [-0.2, 0) is 13.2 Å². The molecule has 5 aromatic rings. The van der Waals surface area contributed by atoms with Crippen LogP contribution in [0.5, 0.6) is 17.2 Å². The molecule has 0 aliphatic heterocycles. The van der Waals surface area contributed by atoms with Crippen LogP contribution in [0.4, 0.5) is 0 Å². The third kappa shape index (κ3) is 7.67. The molecule has 0 bridgehead atoms. The Morgan fingerprint density at radius 2 is 1.60 bits per heavy atom. The van der Waals surface area contributed by atoms with Crippen molar-refractivity contribution < 1.29 is 23.4 Å². The van der Waals surface area contributed by atoms with E-state index < -0.39 is 5.91 Å². The summed E-state index contributed by atoms with van der Waals surface area (Å²) in [6.45, 7) is 7.07.